The normalized spacial score (nSPS) is 12.2. The zero-order chi connectivity index (χ0) is 21.7. The molecule has 3 rings (SSSR count). The first-order valence-corrected chi connectivity index (χ1v) is 10.0. The third-order valence-corrected chi connectivity index (χ3v) is 5.10. The van der Waals surface area contributed by atoms with Gasteiger partial charge in [-0.3, -0.25) is 9.59 Å². The molecule has 0 fully saturated rings. The van der Waals surface area contributed by atoms with Crippen molar-refractivity contribution in [2.45, 2.75) is 25.9 Å². The molecule has 1 amide bonds. The van der Waals surface area contributed by atoms with Gasteiger partial charge in [0.1, 0.15) is 5.75 Å². The van der Waals surface area contributed by atoms with Gasteiger partial charge < -0.3 is 15.0 Å². The number of aromatic nitrogens is 2. The quantitative estimate of drug-likeness (QED) is 0.620. The summed E-state index contributed by atoms with van der Waals surface area (Å²) in [6.07, 6.45) is 0.756. The Labute approximate surface area is 176 Å². The Morgan fingerprint density at radius 3 is 2.40 bits per heavy atom. The molecule has 0 radical (unpaired) electrons. The van der Waals surface area contributed by atoms with E-state index in [1.165, 1.54) is 4.68 Å². The van der Waals surface area contributed by atoms with Crippen LogP contribution in [0.4, 0.5) is 0 Å². The molecule has 2 aromatic carbocycles. The van der Waals surface area contributed by atoms with Crippen molar-refractivity contribution in [3.05, 3.63) is 70.1 Å². The Hall–Kier alpha value is -3.19. The average molecular weight is 409 g/mol. The molecule has 1 N–H and O–H groups in total. The second-order valence-electron chi connectivity index (χ2n) is 7.39. The number of hydrogen-bond donors (Lipinski definition) is 1. The smallest absolute Gasteiger partial charge is 0.274 e. The largest absolute Gasteiger partial charge is 0.497 e. The summed E-state index contributed by atoms with van der Waals surface area (Å²) in [5, 5.41) is 8.44. The van der Waals surface area contributed by atoms with E-state index >= 15 is 0 Å². The van der Waals surface area contributed by atoms with Crippen LogP contribution in [0.5, 0.6) is 5.75 Å². The van der Waals surface area contributed by atoms with Gasteiger partial charge in [-0.1, -0.05) is 37.3 Å². The van der Waals surface area contributed by atoms with Gasteiger partial charge in [-0.05, 0) is 44.3 Å². The summed E-state index contributed by atoms with van der Waals surface area (Å²) in [6, 6.07) is 14.9. The van der Waals surface area contributed by atoms with Crippen molar-refractivity contribution in [2.24, 2.45) is 0 Å². The van der Waals surface area contributed by atoms with E-state index in [0.29, 0.717) is 23.9 Å². The predicted octanol–water partition coefficient (Wildman–Crippen LogP) is 2.85. The molecule has 30 heavy (non-hydrogen) atoms. The number of rotatable bonds is 8. The summed E-state index contributed by atoms with van der Waals surface area (Å²) < 4.78 is 6.61. The maximum atomic E-state index is 13.1. The Morgan fingerprint density at radius 2 is 1.80 bits per heavy atom. The third-order valence-electron chi connectivity index (χ3n) is 5.10. The molecule has 158 valence electrons. The zero-order valence-corrected chi connectivity index (χ0v) is 17.9. The lowest BCUT2D eigenvalue weighted by atomic mass is 10.1. The van der Waals surface area contributed by atoms with E-state index in [1.807, 2.05) is 56.3 Å². The van der Waals surface area contributed by atoms with Crippen molar-refractivity contribution in [3.63, 3.8) is 0 Å². The Morgan fingerprint density at radius 1 is 1.13 bits per heavy atom. The molecule has 7 nitrogen and oxygen atoms in total. The number of methoxy groups -OCH3 is 1. The molecule has 0 aliphatic carbocycles. The van der Waals surface area contributed by atoms with Crippen LogP contribution in [-0.2, 0) is 6.54 Å². The molecule has 0 aliphatic heterocycles. The standard InChI is InChI=1S/C23H28N4O3/c1-5-14-27-23(29)19-9-7-6-8-18(19)21(25-27)22(28)24-15-20(26(2)3)16-10-12-17(30-4)13-11-16/h6-13,20H,5,14-15H2,1-4H3,(H,24,28)/t20-/m0/s1. The van der Waals surface area contributed by atoms with Gasteiger partial charge >= 0.3 is 0 Å². The van der Waals surface area contributed by atoms with Gasteiger partial charge in [-0.2, -0.15) is 5.10 Å². The van der Waals surface area contributed by atoms with Crippen LogP contribution in [0.3, 0.4) is 0 Å². The molecule has 1 atom stereocenters. The fraction of sp³-hybridized carbons (Fsp3) is 0.348. The molecular formula is C23H28N4O3. The molecule has 1 heterocycles. The summed E-state index contributed by atoms with van der Waals surface area (Å²) in [5.41, 5.74) is 1.16. The lowest BCUT2D eigenvalue weighted by molar-refractivity contribution is 0.0936. The van der Waals surface area contributed by atoms with Crippen molar-refractivity contribution in [1.82, 2.24) is 20.0 Å². The molecule has 3 aromatic rings. The van der Waals surface area contributed by atoms with Crippen molar-refractivity contribution in [2.75, 3.05) is 27.7 Å². The minimum atomic E-state index is -0.295. The van der Waals surface area contributed by atoms with E-state index < -0.39 is 0 Å². The highest BCUT2D eigenvalue weighted by Gasteiger charge is 2.20. The number of benzene rings is 2. The maximum Gasteiger partial charge on any atom is 0.274 e. The lowest BCUT2D eigenvalue weighted by Crippen LogP contribution is -2.36. The van der Waals surface area contributed by atoms with Gasteiger partial charge in [0.05, 0.1) is 18.5 Å². The summed E-state index contributed by atoms with van der Waals surface area (Å²) >= 11 is 0. The Balaban J connectivity index is 1.88. The van der Waals surface area contributed by atoms with E-state index in [2.05, 4.69) is 10.4 Å². The van der Waals surface area contributed by atoms with Crippen LogP contribution in [0.15, 0.2) is 53.3 Å². The van der Waals surface area contributed by atoms with Crippen LogP contribution in [-0.4, -0.2) is 48.3 Å². The molecule has 0 spiro atoms. The summed E-state index contributed by atoms with van der Waals surface area (Å²) in [6.45, 7) is 2.84. The van der Waals surface area contributed by atoms with Crippen molar-refractivity contribution >= 4 is 16.7 Å². The Bertz CT molecular complexity index is 1070. The molecular weight excluding hydrogens is 380 g/mol. The van der Waals surface area contributed by atoms with Gasteiger partial charge in [-0.25, -0.2) is 4.68 Å². The molecule has 7 heteroatoms. The number of carbonyl (C=O) groups is 1. The molecule has 0 unspecified atom stereocenters. The Kier molecular flexibility index (Phi) is 6.84. The van der Waals surface area contributed by atoms with Crippen LogP contribution in [0.2, 0.25) is 0 Å². The number of ether oxygens (including phenoxy) is 1. The lowest BCUT2D eigenvalue weighted by Gasteiger charge is -2.25. The number of amides is 1. The van der Waals surface area contributed by atoms with E-state index in [0.717, 1.165) is 17.7 Å². The summed E-state index contributed by atoms with van der Waals surface area (Å²) in [7, 11) is 5.57. The number of carbonyl (C=O) groups excluding carboxylic acids is 1. The maximum absolute atomic E-state index is 13.1. The fourth-order valence-electron chi connectivity index (χ4n) is 3.46. The fourth-order valence-corrected chi connectivity index (χ4v) is 3.46. The first-order valence-electron chi connectivity index (χ1n) is 10.0. The SMILES string of the molecule is CCCn1nc(C(=O)NC[C@@H](c2ccc(OC)cc2)N(C)C)c2ccccc2c1=O. The highest BCUT2D eigenvalue weighted by molar-refractivity contribution is 6.04. The first kappa shape index (κ1) is 21.5. The molecule has 0 saturated heterocycles. The van der Waals surface area contributed by atoms with Gasteiger partial charge in [0, 0.05) is 18.5 Å². The minimum absolute atomic E-state index is 0.0207. The van der Waals surface area contributed by atoms with E-state index in [-0.39, 0.29) is 23.2 Å². The monoisotopic (exact) mass is 408 g/mol. The van der Waals surface area contributed by atoms with Gasteiger partial charge in [0.2, 0.25) is 0 Å². The summed E-state index contributed by atoms with van der Waals surface area (Å²) in [5.74, 6) is 0.491. The minimum Gasteiger partial charge on any atom is -0.497 e. The van der Waals surface area contributed by atoms with Gasteiger partial charge in [-0.15, -0.1) is 0 Å². The number of aryl methyl sites for hydroxylation is 1. The van der Waals surface area contributed by atoms with Crippen molar-refractivity contribution in [1.29, 1.82) is 0 Å². The number of likely N-dealkylation sites (N-methyl/N-ethyl adjacent to an activating group) is 1. The van der Waals surface area contributed by atoms with Crippen LogP contribution in [0.25, 0.3) is 10.8 Å². The topological polar surface area (TPSA) is 76.5 Å². The van der Waals surface area contributed by atoms with E-state index in [4.69, 9.17) is 4.74 Å². The predicted molar refractivity (Wildman–Crippen MR) is 118 cm³/mol. The number of hydrogen-bond acceptors (Lipinski definition) is 5. The average Bonchev–Trinajstić information content (AvgIpc) is 2.76. The number of nitrogens with zero attached hydrogens (tertiary/aromatic N) is 3. The first-order chi connectivity index (χ1) is 14.5. The van der Waals surface area contributed by atoms with Crippen LogP contribution >= 0.6 is 0 Å². The van der Waals surface area contributed by atoms with Crippen LogP contribution in [0.1, 0.15) is 35.4 Å². The van der Waals surface area contributed by atoms with Crippen LogP contribution < -0.4 is 15.6 Å². The van der Waals surface area contributed by atoms with Crippen molar-refractivity contribution < 1.29 is 9.53 Å². The highest BCUT2D eigenvalue weighted by Crippen LogP contribution is 2.21. The van der Waals surface area contributed by atoms with Crippen LogP contribution in [0, 0.1) is 0 Å². The molecule has 1 aromatic heterocycles. The third kappa shape index (κ3) is 4.52. The second kappa shape index (κ2) is 9.54. The van der Waals surface area contributed by atoms with E-state index in [1.54, 1.807) is 25.3 Å². The highest BCUT2D eigenvalue weighted by atomic mass is 16.5. The number of fused-ring (bicyclic) bond motifs is 1. The van der Waals surface area contributed by atoms with Gasteiger partial charge in [0.25, 0.3) is 11.5 Å². The summed E-state index contributed by atoms with van der Waals surface area (Å²) in [4.78, 5) is 27.7. The van der Waals surface area contributed by atoms with Crippen molar-refractivity contribution in [3.8, 4) is 5.75 Å². The second-order valence-corrected chi connectivity index (χ2v) is 7.39. The number of nitrogens with one attached hydrogen (secondary N) is 1. The van der Waals surface area contributed by atoms with E-state index in [9.17, 15) is 9.59 Å². The molecule has 0 saturated carbocycles. The zero-order valence-electron chi connectivity index (χ0n) is 17.9. The van der Waals surface area contributed by atoms with Gasteiger partial charge in [0.15, 0.2) is 5.69 Å². The molecule has 0 bridgehead atoms. The molecule has 0 aliphatic rings.